The van der Waals surface area contributed by atoms with Gasteiger partial charge in [0.2, 0.25) is 0 Å². The second-order valence-corrected chi connectivity index (χ2v) is 8.30. The first-order chi connectivity index (χ1) is 13.8. The lowest BCUT2D eigenvalue weighted by Gasteiger charge is -2.26. The molecule has 3 heterocycles. The Hall–Kier alpha value is -2.22. The van der Waals surface area contributed by atoms with Gasteiger partial charge in [0, 0.05) is 30.2 Å². The average Bonchev–Trinajstić information content (AvgIpc) is 3.27. The lowest BCUT2D eigenvalue weighted by molar-refractivity contribution is 0.0322. The van der Waals surface area contributed by atoms with Crippen LogP contribution in [0.3, 0.4) is 0 Å². The number of hydrogen-bond acceptors (Lipinski definition) is 7. The molecule has 146 valence electrons. The summed E-state index contributed by atoms with van der Waals surface area (Å²) in [7, 11) is 0. The molecule has 2 aromatic rings. The van der Waals surface area contributed by atoms with E-state index in [4.69, 9.17) is 20.2 Å². The summed E-state index contributed by atoms with van der Waals surface area (Å²) in [5, 5.41) is 0. The Morgan fingerprint density at radius 3 is 2.79 bits per heavy atom. The summed E-state index contributed by atoms with van der Waals surface area (Å²) in [4.78, 5) is 10.9. The second kappa shape index (κ2) is 7.66. The minimum atomic E-state index is 0.117. The quantitative estimate of drug-likeness (QED) is 0.784. The molecule has 1 saturated heterocycles. The largest absolute Gasteiger partial charge is 0.492 e. The molecule has 0 amide bonds. The number of nitrogens with two attached hydrogens (primary N) is 1. The number of ether oxygens (including phenoxy) is 2. The lowest BCUT2D eigenvalue weighted by atomic mass is 10.1. The minimum Gasteiger partial charge on any atom is -0.492 e. The third-order valence-electron chi connectivity index (χ3n) is 5.35. The van der Waals surface area contributed by atoms with E-state index in [0.29, 0.717) is 6.61 Å². The highest BCUT2D eigenvalue weighted by atomic mass is 32.2. The van der Waals surface area contributed by atoms with E-state index in [1.165, 1.54) is 10.6 Å². The molecule has 0 aromatic heterocycles. The maximum atomic E-state index is 6.00. The van der Waals surface area contributed by atoms with Gasteiger partial charge in [0.05, 0.1) is 31.2 Å². The smallest absolute Gasteiger partial charge is 0.174 e. The number of morpholine rings is 1. The standard InChI is InChI=1S/C21H24N4O2S/c22-16-3-1-15(2-4-16)18-14-25-19-6-5-17(13-20(19)28-21(25)23-18)27-12-9-24-7-10-26-11-8-24/h1-6,13,21H,7-12,14,22H2. The molecule has 0 radical (unpaired) electrons. The van der Waals surface area contributed by atoms with Crippen molar-refractivity contribution in [1.82, 2.24) is 4.90 Å². The van der Waals surface area contributed by atoms with Crippen LogP contribution in [0, 0.1) is 0 Å². The number of fused-ring (bicyclic) bond motifs is 3. The molecule has 1 fully saturated rings. The van der Waals surface area contributed by atoms with Gasteiger partial charge in [-0.2, -0.15) is 0 Å². The zero-order valence-corrected chi connectivity index (χ0v) is 16.5. The predicted octanol–water partition coefficient (Wildman–Crippen LogP) is 2.68. The van der Waals surface area contributed by atoms with Gasteiger partial charge in [-0.15, -0.1) is 0 Å². The topological polar surface area (TPSA) is 63.3 Å². The van der Waals surface area contributed by atoms with Crippen molar-refractivity contribution in [3.05, 3.63) is 48.0 Å². The second-order valence-electron chi connectivity index (χ2n) is 7.20. The summed E-state index contributed by atoms with van der Waals surface area (Å²) in [6, 6.07) is 14.3. The van der Waals surface area contributed by atoms with E-state index >= 15 is 0 Å². The summed E-state index contributed by atoms with van der Waals surface area (Å²) in [6.45, 7) is 6.11. The molecule has 7 heteroatoms. The van der Waals surface area contributed by atoms with Crippen molar-refractivity contribution in [3.63, 3.8) is 0 Å². The molecule has 5 rings (SSSR count). The summed E-state index contributed by atoms with van der Waals surface area (Å²) < 4.78 is 11.4. The van der Waals surface area contributed by atoms with Crippen LogP contribution >= 0.6 is 11.8 Å². The normalized spacial score (nSPS) is 21.4. The van der Waals surface area contributed by atoms with Gasteiger partial charge in [-0.1, -0.05) is 23.9 Å². The summed E-state index contributed by atoms with van der Waals surface area (Å²) in [6.07, 6.45) is 0. The molecule has 1 unspecified atom stereocenters. The Balaban J connectivity index is 1.21. The molecule has 3 aliphatic rings. The minimum absolute atomic E-state index is 0.117. The predicted molar refractivity (Wildman–Crippen MR) is 114 cm³/mol. The van der Waals surface area contributed by atoms with Crippen molar-refractivity contribution in [2.75, 3.05) is 56.6 Å². The molecule has 6 nitrogen and oxygen atoms in total. The number of nitrogen functional groups attached to an aromatic ring is 1. The fourth-order valence-electron chi connectivity index (χ4n) is 3.77. The molecule has 0 aliphatic carbocycles. The van der Waals surface area contributed by atoms with Crippen LogP contribution in [0.2, 0.25) is 0 Å². The van der Waals surface area contributed by atoms with Crippen LogP contribution in [0.25, 0.3) is 0 Å². The zero-order valence-electron chi connectivity index (χ0n) is 15.7. The van der Waals surface area contributed by atoms with E-state index < -0.39 is 0 Å². The first-order valence-electron chi connectivity index (χ1n) is 9.69. The molecule has 0 saturated carbocycles. The number of thioether (sulfide) groups is 1. The van der Waals surface area contributed by atoms with Crippen LogP contribution in [-0.2, 0) is 4.74 Å². The number of hydrogen-bond donors (Lipinski definition) is 1. The number of aliphatic imine (C=N–C) groups is 1. The molecular formula is C21H24N4O2S. The van der Waals surface area contributed by atoms with Crippen LogP contribution in [0.5, 0.6) is 5.75 Å². The molecule has 3 aliphatic heterocycles. The SMILES string of the molecule is Nc1ccc(C2=NC3Sc4cc(OCCN5CCOCC5)ccc4N3C2)cc1. The monoisotopic (exact) mass is 396 g/mol. The molecule has 1 atom stereocenters. The number of benzene rings is 2. The van der Waals surface area contributed by atoms with Gasteiger partial charge >= 0.3 is 0 Å². The van der Waals surface area contributed by atoms with Crippen molar-refractivity contribution < 1.29 is 9.47 Å². The zero-order chi connectivity index (χ0) is 18.9. The number of nitrogens with zero attached hydrogens (tertiary/aromatic N) is 3. The van der Waals surface area contributed by atoms with Gasteiger partial charge in [-0.05, 0) is 35.9 Å². The maximum Gasteiger partial charge on any atom is 0.174 e. The van der Waals surface area contributed by atoms with E-state index in [1.54, 1.807) is 11.8 Å². The molecular weight excluding hydrogens is 372 g/mol. The molecule has 0 bridgehead atoms. The summed E-state index contributed by atoms with van der Waals surface area (Å²) in [5.41, 5.74) is 10.2. The Morgan fingerprint density at radius 2 is 1.96 bits per heavy atom. The van der Waals surface area contributed by atoms with Crippen molar-refractivity contribution in [3.8, 4) is 5.75 Å². The Kier molecular flexibility index (Phi) is 4.88. The molecule has 2 N–H and O–H groups in total. The van der Waals surface area contributed by atoms with Gasteiger partial charge in [0.15, 0.2) is 5.50 Å². The van der Waals surface area contributed by atoms with Crippen LogP contribution in [-0.4, -0.2) is 62.1 Å². The number of rotatable bonds is 5. The van der Waals surface area contributed by atoms with Crippen molar-refractivity contribution in [2.24, 2.45) is 4.99 Å². The Morgan fingerprint density at radius 1 is 1.14 bits per heavy atom. The van der Waals surface area contributed by atoms with E-state index in [9.17, 15) is 0 Å². The summed E-state index contributed by atoms with van der Waals surface area (Å²) >= 11 is 1.79. The highest BCUT2D eigenvalue weighted by Gasteiger charge is 2.35. The van der Waals surface area contributed by atoms with Crippen molar-refractivity contribution >= 4 is 28.8 Å². The molecule has 0 spiro atoms. The van der Waals surface area contributed by atoms with Gasteiger partial charge in [0.1, 0.15) is 12.4 Å². The fraction of sp³-hybridized carbons (Fsp3) is 0.381. The first kappa shape index (κ1) is 17.8. The van der Waals surface area contributed by atoms with Crippen LogP contribution in [0.15, 0.2) is 52.4 Å². The summed E-state index contributed by atoms with van der Waals surface area (Å²) in [5.74, 6) is 0.934. The third kappa shape index (κ3) is 3.57. The highest BCUT2D eigenvalue weighted by Crippen LogP contribution is 2.47. The van der Waals surface area contributed by atoms with Gasteiger partial charge < -0.3 is 20.1 Å². The average molecular weight is 397 g/mol. The highest BCUT2D eigenvalue weighted by molar-refractivity contribution is 8.00. The first-order valence-corrected chi connectivity index (χ1v) is 10.6. The van der Waals surface area contributed by atoms with Gasteiger partial charge in [-0.3, -0.25) is 9.89 Å². The molecule has 28 heavy (non-hydrogen) atoms. The van der Waals surface area contributed by atoms with Crippen LogP contribution in [0.1, 0.15) is 5.56 Å². The van der Waals surface area contributed by atoms with Crippen molar-refractivity contribution in [1.29, 1.82) is 0 Å². The van der Waals surface area contributed by atoms with Crippen LogP contribution in [0.4, 0.5) is 11.4 Å². The van der Waals surface area contributed by atoms with E-state index in [-0.39, 0.29) is 5.50 Å². The maximum absolute atomic E-state index is 6.00. The fourth-order valence-corrected chi connectivity index (χ4v) is 4.98. The van der Waals surface area contributed by atoms with E-state index in [2.05, 4.69) is 28.0 Å². The number of anilines is 2. The Bertz CT molecular complexity index is 880. The lowest BCUT2D eigenvalue weighted by Crippen LogP contribution is -2.38. The van der Waals surface area contributed by atoms with E-state index in [0.717, 1.165) is 62.1 Å². The third-order valence-corrected chi connectivity index (χ3v) is 6.50. The Labute approximate surface area is 169 Å². The van der Waals surface area contributed by atoms with Gasteiger partial charge in [-0.25, -0.2) is 0 Å². The van der Waals surface area contributed by atoms with Gasteiger partial charge in [0.25, 0.3) is 0 Å². The molecule has 2 aromatic carbocycles. The van der Waals surface area contributed by atoms with Crippen molar-refractivity contribution in [2.45, 2.75) is 10.4 Å². The van der Waals surface area contributed by atoms with Crippen LogP contribution < -0.4 is 15.4 Å². The van der Waals surface area contributed by atoms with E-state index in [1.807, 2.05) is 24.3 Å².